The largest absolute Gasteiger partial charge is 0.506 e. The molecule has 3 aromatic carbocycles. The Morgan fingerprint density at radius 2 is 1.41 bits per heavy atom. The van der Waals surface area contributed by atoms with Crippen molar-refractivity contribution in [2.24, 2.45) is 7.05 Å². The molecule has 0 aliphatic heterocycles. The van der Waals surface area contributed by atoms with Crippen molar-refractivity contribution in [1.82, 2.24) is 13.9 Å². The van der Waals surface area contributed by atoms with E-state index in [1.54, 1.807) is 16.8 Å². The molecule has 5 rings (SSSR count). The summed E-state index contributed by atoms with van der Waals surface area (Å²) in [5.41, 5.74) is 3.81. The number of hydrogen-bond acceptors (Lipinski definition) is 2. The van der Waals surface area contributed by atoms with E-state index in [0.717, 1.165) is 22.5 Å². The Labute approximate surface area is 167 Å². The van der Waals surface area contributed by atoms with Crippen LogP contribution in [0.1, 0.15) is 0 Å². The third-order valence-electron chi connectivity index (χ3n) is 5.23. The number of nitrogens with zero attached hydrogens (tertiary/aromatic N) is 3. The van der Waals surface area contributed by atoms with Gasteiger partial charge >= 0.3 is 0 Å². The Morgan fingerprint density at radius 3 is 2.10 bits per heavy atom. The van der Waals surface area contributed by atoms with Crippen molar-refractivity contribution >= 4 is 10.9 Å². The van der Waals surface area contributed by atoms with Gasteiger partial charge in [0.1, 0.15) is 5.75 Å². The summed E-state index contributed by atoms with van der Waals surface area (Å²) in [6, 6.07) is 26.5. The standard InChI is InChI=1S/C24H19N3O2/c1-25-20-16-26(19-14-8-9-15-21(19)28)23(17-10-4-2-5-11-17)22(20)24(29)27(25)18-12-6-3-7-13-18/h2-16,28H,1H3. The van der Waals surface area contributed by atoms with Crippen LogP contribution in [-0.4, -0.2) is 19.0 Å². The van der Waals surface area contributed by atoms with Gasteiger partial charge < -0.3 is 9.67 Å². The highest BCUT2D eigenvalue weighted by atomic mass is 16.3. The van der Waals surface area contributed by atoms with Crippen LogP contribution < -0.4 is 5.56 Å². The van der Waals surface area contributed by atoms with Gasteiger partial charge in [-0.2, -0.15) is 0 Å². The second-order valence-electron chi connectivity index (χ2n) is 6.94. The quantitative estimate of drug-likeness (QED) is 0.501. The van der Waals surface area contributed by atoms with E-state index in [0.29, 0.717) is 11.1 Å². The van der Waals surface area contributed by atoms with Gasteiger partial charge in [0.2, 0.25) is 0 Å². The van der Waals surface area contributed by atoms with Gasteiger partial charge in [0.25, 0.3) is 5.56 Å². The molecule has 0 amide bonds. The van der Waals surface area contributed by atoms with Crippen LogP contribution in [0.2, 0.25) is 0 Å². The molecule has 2 aromatic heterocycles. The van der Waals surface area contributed by atoms with Gasteiger partial charge in [0, 0.05) is 13.2 Å². The molecule has 0 aliphatic carbocycles. The Bertz CT molecular complexity index is 1380. The van der Waals surface area contributed by atoms with Crippen LogP contribution in [0.5, 0.6) is 5.75 Å². The van der Waals surface area contributed by atoms with E-state index in [2.05, 4.69) is 0 Å². The number of phenols is 1. The zero-order valence-corrected chi connectivity index (χ0v) is 15.9. The lowest BCUT2D eigenvalue weighted by Gasteiger charge is -2.12. The van der Waals surface area contributed by atoms with Crippen LogP contribution in [-0.2, 0) is 7.05 Å². The van der Waals surface area contributed by atoms with E-state index < -0.39 is 0 Å². The summed E-state index contributed by atoms with van der Waals surface area (Å²) in [7, 11) is 1.88. The predicted molar refractivity (Wildman–Crippen MR) is 115 cm³/mol. The van der Waals surface area contributed by atoms with Crippen LogP contribution in [0, 0.1) is 0 Å². The molecule has 0 saturated carbocycles. The molecule has 29 heavy (non-hydrogen) atoms. The summed E-state index contributed by atoms with van der Waals surface area (Å²) >= 11 is 0. The molecule has 5 heteroatoms. The normalized spacial score (nSPS) is 11.2. The second-order valence-corrected chi connectivity index (χ2v) is 6.94. The Kier molecular flexibility index (Phi) is 3.88. The topological polar surface area (TPSA) is 52.1 Å². The van der Waals surface area contributed by atoms with Gasteiger partial charge in [-0.15, -0.1) is 0 Å². The third-order valence-corrected chi connectivity index (χ3v) is 5.23. The number of phenolic OH excluding ortho intramolecular Hbond substituents is 1. The summed E-state index contributed by atoms with van der Waals surface area (Å²) in [4.78, 5) is 13.5. The minimum absolute atomic E-state index is 0.0956. The van der Waals surface area contributed by atoms with Crippen LogP contribution in [0.15, 0.2) is 95.9 Å². The summed E-state index contributed by atoms with van der Waals surface area (Å²) in [5, 5.41) is 11.1. The zero-order chi connectivity index (χ0) is 20.0. The molecule has 0 saturated heterocycles. The van der Waals surface area contributed by atoms with E-state index in [-0.39, 0.29) is 11.3 Å². The molecule has 0 aliphatic rings. The molecule has 2 heterocycles. The summed E-state index contributed by atoms with van der Waals surface area (Å²) < 4.78 is 5.42. The highest BCUT2D eigenvalue weighted by Crippen LogP contribution is 2.34. The average Bonchev–Trinajstić information content (AvgIpc) is 3.26. The molecular weight excluding hydrogens is 362 g/mol. The van der Waals surface area contributed by atoms with Crippen molar-refractivity contribution in [1.29, 1.82) is 0 Å². The van der Waals surface area contributed by atoms with E-state index in [1.165, 1.54) is 0 Å². The first kappa shape index (κ1) is 17.1. The zero-order valence-electron chi connectivity index (χ0n) is 15.9. The number of para-hydroxylation sites is 3. The highest BCUT2D eigenvalue weighted by molar-refractivity contribution is 5.95. The molecule has 0 unspecified atom stereocenters. The van der Waals surface area contributed by atoms with Crippen LogP contribution in [0.4, 0.5) is 0 Å². The minimum atomic E-state index is -0.0956. The Balaban J connectivity index is 1.90. The molecule has 0 radical (unpaired) electrons. The lowest BCUT2D eigenvalue weighted by molar-refractivity contribution is 0.472. The maximum absolute atomic E-state index is 13.5. The van der Waals surface area contributed by atoms with Gasteiger partial charge in [-0.1, -0.05) is 60.7 Å². The molecule has 0 atom stereocenters. The third kappa shape index (κ3) is 2.59. The maximum Gasteiger partial charge on any atom is 0.281 e. The Hall–Kier alpha value is -3.99. The number of aryl methyl sites for hydroxylation is 1. The SMILES string of the molecule is Cn1c2cn(-c3ccccc3O)c(-c3ccccc3)c2c(=O)n1-c1ccccc1. The molecule has 1 N–H and O–H groups in total. The van der Waals surface area contributed by atoms with Crippen LogP contribution in [0.3, 0.4) is 0 Å². The maximum atomic E-state index is 13.5. The molecule has 0 fully saturated rings. The van der Waals surface area contributed by atoms with Crippen molar-refractivity contribution < 1.29 is 5.11 Å². The first-order valence-corrected chi connectivity index (χ1v) is 9.39. The number of fused-ring (bicyclic) bond motifs is 1. The van der Waals surface area contributed by atoms with Crippen molar-refractivity contribution in [2.45, 2.75) is 0 Å². The predicted octanol–water partition coefficient (Wildman–Crippen LogP) is 4.49. The summed E-state index contributed by atoms with van der Waals surface area (Å²) in [6.07, 6.45) is 1.91. The minimum Gasteiger partial charge on any atom is -0.506 e. The number of hydrogen-bond donors (Lipinski definition) is 1. The lowest BCUT2D eigenvalue weighted by Crippen LogP contribution is -2.20. The first-order chi connectivity index (χ1) is 14.2. The number of benzene rings is 3. The van der Waals surface area contributed by atoms with E-state index in [1.807, 2.05) is 95.3 Å². The van der Waals surface area contributed by atoms with E-state index in [4.69, 9.17) is 0 Å². The fourth-order valence-electron chi connectivity index (χ4n) is 3.90. The molecule has 5 aromatic rings. The number of rotatable bonds is 3. The lowest BCUT2D eigenvalue weighted by atomic mass is 10.1. The van der Waals surface area contributed by atoms with Crippen molar-refractivity contribution in [2.75, 3.05) is 0 Å². The van der Waals surface area contributed by atoms with Crippen molar-refractivity contribution in [3.8, 4) is 28.4 Å². The number of aromatic hydroxyl groups is 1. The number of aromatic nitrogens is 3. The highest BCUT2D eigenvalue weighted by Gasteiger charge is 2.23. The van der Waals surface area contributed by atoms with Gasteiger partial charge in [-0.05, 0) is 29.8 Å². The fraction of sp³-hybridized carbons (Fsp3) is 0.0417. The van der Waals surface area contributed by atoms with Gasteiger partial charge in [-0.3, -0.25) is 9.48 Å². The monoisotopic (exact) mass is 381 g/mol. The smallest absolute Gasteiger partial charge is 0.281 e. The molecule has 0 spiro atoms. The molecule has 142 valence electrons. The summed E-state index contributed by atoms with van der Waals surface area (Å²) in [5.74, 6) is 0.161. The van der Waals surface area contributed by atoms with Crippen molar-refractivity contribution in [3.63, 3.8) is 0 Å². The van der Waals surface area contributed by atoms with E-state index >= 15 is 0 Å². The Morgan fingerprint density at radius 1 is 0.793 bits per heavy atom. The van der Waals surface area contributed by atoms with Crippen LogP contribution >= 0.6 is 0 Å². The van der Waals surface area contributed by atoms with Gasteiger partial charge in [-0.25, -0.2) is 4.68 Å². The first-order valence-electron chi connectivity index (χ1n) is 9.39. The van der Waals surface area contributed by atoms with Crippen LogP contribution in [0.25, 0.3) is 33.5 Å². The van der Waals surface area contributed by atoms with Crippen molar-refractivity contribution in [3.05, 3.63) is 101 Å². The molecular formula is C24H19N3O2. The van der Waals surface area contributed by atoms with Gasteiger partial charge in [0.05, 0.1) is 28.0 Å². The molecule has 0 bridgehead atoms. The van der Waals surface area contributed by atoms with E-state index in [9.17, 15) is 9.90 Å². The molecule has 5 nitrogen and oxygen atoms in total. The summed E-state index contributed by atoms with van der Waals surface area (Å²) in [6.45, 7) is 0. The fourth-order valence-corrected chi connectivity index (χ4v) is 3.90. The second kappa shape index (κ2) is 6.56. The van der Waals surface area contributed by atoms with Gasteiger partial charge in [0.15, 0.2) is 0 Å². The average molecular weight is 381 g/mol.